The van der Waals surface area contributed by atoms with Crippen LogP contribution in [0.25, 0.3) is 0 Å². The Morgan fingerprint density at radius 1 is 1.38 bits per heavy atom. The number of amides is 1. The van der Waals surface area contributed by atoms with Gasteiger partial charge in [0.2, 0.25) is 5.88 Å². The van der Waals surface area contributed by atoms with E-state index in [2.05, 4.69) is 16.9 Å². The Balaban J connectivity index is 1.89. The van der Waals surface area contributed by atoms with Gasteiger partial charge in [-0.05, 0) is 19.2 Å². The molecule has 3 rings (SSSR count). The molecule has 0 N–H and O–H groups in total. The molecular formula is C15H21N3O3. The van der Waals surface area contributed by atoms with Gasteiger partial charge in [-0.1, -0.05) is 0 Å². The molecule has 2 aliphatic heterocycles. The van der Waals surface area contributed by atoms with Crippen LogP contribution >= 0.6 is 0 Å². The molecule has 21 heavy (non-hydrogen) atoms. The highest BCUT2D eigenvalue weighted by atomic mass is 16.5. The minimum absolute atomic E-state index is 0.0178. The minimum Gasteiger partial charge on any atom is -0.480 e. The van der Waals surface area contributed by atoms with E-state index in [0.717, 1.165) is 26.2 Å². The number of carbonyl (C=O) groups is 1. The van der Waals surface area contributed by atoms with Crippen molar-refractivity contribution in [1.29, 1.82) is 0 Å². The van der Waals surface area contributed by atoms with Gasteiger partial charge in [0.1, 0.15) is 5.56 Å². The van der Waals surface area contributed by atoms with Gasteiger partial charge in [0.05, 0.1) is 26.4 Å². The van der Waals surface area contributed by atoms with Crippen LogP contribution in [-0.2, 0) is 4.74 Å². The molecule has 114 valence electrons. The van der Waals surface area contributed by atoms with Crippen LogP contribution in [0, 0.1) is 5.92 Å². The summed E-state index contributed by atoms with van der Waals surface area (Å²) in [6.07, 6.45) is 1.63. The lowest BCUT2D eigenvalue weighted by Crippen LogP contribution is -2.46. The van der Waals surface area contributed by atoms with Gasteiger partial charge in [-0.25, -0.2) is 4.98 Å². The van der Waals surface area contributed by atoms with Gasteiger partial charge < -0.3 is 19.3 Å². The van der Waals surface area contributed by atoms with Gasteiger partial charge in [-0.15, -0.1) is 0 Å². The molecule has 2 bridgehead atoms. The van der Waals surface area contributed by atoms with E-state index in [1.165, 1.54) is 7.11 Å². The monoisotopic (exact) mass is 291 g/mol. The Labute approximate surface area is 124 Å². The molecule has 2 atom stereocenters. The maximum Gasteiger partial charge on any atom is 0.259 e. The number of methoxy groups -OCH3 is 1. The van der Waals surface area contributed by atoms with Gasteiger partial charge in [0, 0.05) is 31.7 Å². The van der Waals surface area contributed by atoms with Crippen molar-refractivity contribution in [3.05, 3.63) is 23.9 Å². The van der Waals surface area contributed by atoms with E-state index >= 15 is 0 Å². The normalized spacial score (nSPS) is 26.3. The molecule has 0 aromatic carbocycles. The second-order valence-electron chi connectivity index (χ2n) is 5.80. The molecule has 0 aliphatic carbocycles. The topological polar surface area (TPSA) is 54.9 Å². The van der Waals surface area contributed by atoms with Crippen molar-refractivity contribution in [2.24, 2.45) is 5.92 Å². The summed E-state index contributed by atoms with van der Waals surface area (Å²) in [5, 5.41) is 0. The first-order chi connectivity index (χ1) is 10.2. The molecule has 0 radical (unpaired) electrons. The fourth-order valence-corrected chi connectivity index (χ4v) is 3.20. The molecule has 0 spiro atoms. The standard InChI is InChI=1S/C15H21N3O3/c1-17-6-11-7-18(12(8-17)10-21-9-11)15(19)13-4-3-5-16-14(13)20-2/h3-5,11-12H,6-10H2,1-2H3/t11-,12-/m0/s1. The minimum atomic E-state index is -0.0178. The summed E-state index contributed by atoms with van der Waals surface area (Å²) < 4.78 is 10.9. The van der Waals surface area contributed by atoms with E-state index in [1.807, 2.05) is 4.90 Å². The average Bonchev–Trinajstić information content (AvgIpc) is 2.76. The second-order valence-corrected chi connectivity index (χ2v) is 5.80. The number of aromatic nitrogens is 1. The SMILES string of the molecule is COc1ncccc1C(=O)N1C[C@H]2COC[C@@H]1CN(C)C2. The van der Waals surface area contributed by atoms with Crippen LogP contribution in [0.15, 0.2) is 18.3 Å². The number of pyridine rings is 1. The zero-order chi connectivity index (χ0) is 14.8. The predicted octanol–water partition coefficient (Wildman–Crippen LogP) is 0.493. The number of fused-ring (bicyclic) bond motifs is 3. The van der Waals surface area contributed by atoms with Crippen LogP contribution < -0.4 is 4.74 Å². The first-order valence-corrected chi connectivity index (χ1v) is 7.25. The van der Waals surface area contributed by atoms with E-state index in [0.29, 0.717) is 24.0 Å². The Morgan fingerprint density at radius 3 is 3.05 bits per heavy atom. The summed E-state index contributed by atoms with van der Waals surface area (Å²) in [6, 6.07) is 3.62. The van der Waals surface area contributed by atoms with Crippen LogP contribution in [0.4, 0.5) is 0 Å². The molecule has 1 amide bonds. The third-order valence-electron chi connectivity index (χ3n) is 4.11. The van der Waals surface area contributed by atoms with Crippen LogP contribution in [0.5, 0.6) is 5.88 Å². The van der Waals surface area contributed by atoms with Crippen molar-refractivity contribution in [1.82, 2.24) is 14.8 Å². The van der Waals surface area contributed by atoms with Gasteiger partial charge >= 0.3 is 0 Å². The zero-order valence-electron chi connectivity index (χ0n) is 12.5. The van der Waals surface area contributed by atoms with Gasteiger partial charge in [0.25, 0.3) is 5.91 Å². The molecule has 3 heterocycles. The maximum atomic E-state index is 12.9. The Bertz CT molecular complexity index is 523. The fraction of sp³-hybridized carbons (Fsp3) is 0.600. The smallest absolute Gasteiger partial charge is 0.259 e. The number of hydrogen-bond acceptors (Lipinski definition) is 5. The second kappa shape index (κ2) is 5.99. The third-order valence-corrected chi connectivity index (χ3v) is 4.11. The first kappa shape index (κ1) is 14.3. The molecule has 2 saturated heterocycles. The summed E-state index contributed by atoms with van der Waals surface area (Å²) in [5.74, 6) is 0.723. The number of ether oxygens (including phenoxy) is 2. The average molecular weight is 291 g/mol. The summed E-state index contributed by atoms with van der Waals surface area (Å²) in [5.41, 5.74) is 0.523. The molecule has 2 aliphatic rings. The number of hydrogen-bond donors (Lipinski definition) is 0. The molecule has 0 saturated carbocycles. The summed E-state index contributed by atoms with van der Waals surface area (Å²) in [7, 11) is 3.64. The van der Waals surface area contributed by atoms with Gasteiger partial charge in [-0.2, -0.15) is 0 Å². The zero-order valence-corrected chi connectivity index (χ0v) is 12.5. The summed E-state index contributed by atoms with van der Waals surface area (Å²) in [4.78, 5) is 21.3. The van der Waals surface area contributed by atoms with Crippen molar-refractivity contribution < 1.29 is 14.3 Å². The molecule has 2 fully saturated rings. The van der Waals surface area contributed by atoms with Crippen molar-refractivity contribution in [3.8, 4) is 5.88 Å². The highest BCUT2D eigenvalue weighted by Gasteiger charge is 2.35. The van der Waals surface area contributed by atoms with E-state index in [1.54, 1.807) is 18.3 Å². The lowest BCUT2D eigenvalue weighted by Gasteiger charge is -2.30. The predicted molar refractivity (Wildman–Crippen MR) is 77.4 cm³/mol. The van der Waals surface area contributed by atoms with Crippen LogP contribution in [0.2, 0.25) is 0 Å². The van der Waals surface area contributed by atoms with E-state index in [4.69, 9.17) is 9.47 Å². The molecular weight excluding hydrogens is 270 g/mol. The molecule has 1 aromatic heterocycles. The van der Waals surface area contributed by atoms with Crippen LogP contribution in [0.3, 0.4) is 0 Å². The summed E-state index contributed by atoms with van der Waals surface area (Å²) in [6.45, 7) is 3.84. The molecule has 0 unspecified atom stereocenters. The number of likely N-dealkylation sites (N-methyl/N-ethyl adjacent to an activating group) is 1. The lowest BCUT2D eigenvalue weighted by atomic mass is 10.1. The largest absolute Gasteiger partial charge is 0.480 e. The third kappa shape index (κ3) is 2.87. The van der Waals surface area contributed by atoms with Crippen molar-refractivity contribution in [2.45, 2.75) is 6.04 Å². The Kier molecular flexibility index (Phi) is 4.07. The number of carbonyl (C=O) groups excluding carboxylic acids is 1. The highest BCUT2D eigenvalue weighted by Crippen LogP contribution is 2.23. The van der Waals surface area contributed by atoms with Crippen LogP contribution in [0.1, 0.15) is 10.4 Å². The first-order valence-electron chi connectivity index (χ1n) is 7.25. The van der Waals surface area contributed by atoms with Crippen molar-refractivity contribution in [3.63, 3.8) is 0 Å². The number of nitrogens with zero attached hydrogens (tertiary/aromatic N) is 3. The van der Waals surface area contributed by atoms with Crippen molar-refractivity contribution >= 4 is 5.91 Å². The summed E-state index contributed by atoms with van der Waals surface area (Å²) >= 11 is 0. The molecule has 1 aromatic rings. The van der Waals surface area contributed by atoms with E-state index in [9.17, 15) is 4.79 Å². The van der Waals surface area contributed by atoms with E-state index in [-0.39, 0.29) is 11.9 Å². The maximum absolute atomic E-state index is 12.9. The highest BCUT2D eigenvalue weighted by molar-refractivity contribution is 5.96. The van der Waals surface area contributed by atoms with E-state index < -0.39 is 0 Å². The Morgan fingerprint density at radius 2 is 2.24 bits per heavy atom. The van der Waals surface area contributed by atoms with Crippen LogP contribution in [-0.4, -0.2) is 73.7 Å². The quantitative estimate of drug-likeness (QED) is 0.794. The lowest BCUT2D eigenvalue weighted by molar-refractivity contribution is 0.0481. The fourth-order valence-electron chi connectivity index (χ4n) is 3.20. The van der Waals surface area contributed by atoms with Crippen molar-refractivity contribution in [2.75, 3.05) is 47.0 Å². The van der Waals surface area contributed by atoms with Gasteiger partial charge in [0.15, 0.2) is 0 Å². The van der Waals surface area contributed by atoms with Gasteiger partial charge in [-0.3, -0.25) is 4.79 Å². The molecule has 6 nitrogen and oxygen atoms in total. The number of rotatable bonds is 2. The Hall–Kier alpha value is -1.66. The molecule has 6 heteroatoms.